The highest BCUT2D eigenvalue weighted by atomic mass is 32.2. The van der Waals surface area contributed by atoms with Gasteiger partial charge in [-0.05, 0) is 65.3 Å². The summed E-state index contributed by atoms with van der Waals surface area (Å²) in [4.78, 5) is 7.01. The number of hydrogen-bond acceptors (Lipinski definition) is 3. The molecule has 0 spiro atoms. The van der Waals surface area contributed by atoms with E-state index in [1.54, 1.807) is 0 Å². The van der Waals surface area contributed by atoms with E-state index >= 15 is 0 Å². The molecule has 0 aromatic heterocycles. The summed E-state index contributed by atoms with van der Waals surface area (Å²) in [6.45, 7) is 11.4. The van der Waals surface area contributed by atoms with Crippen molar-refractivity contribution in [3.8, 4) is 0 Å². The van der Waals surface area contributed by atoms with E-state index in [2.05, 4.69) is 53.1 Å². The summed E-state index contributed by atoms with van der Waals surface area (Å²) >= 11 is 2.09. The predicted molar refractivity (Wildman–Crippen MR) is 99.0 cm³/mol. The van der Waals surface area contributed by atoms with Gasteiger partial charge >= 0.3 is 0 Å². The molecule has 0 aromatic carbocycles. The van der Waals surface area contributed by atoms with E-state index in [1.165, 1.54) is 50.9 Å². The number of likely N-dealkylation sites (tertiary alicyclic amines) is 1. The second kappa shape index (κ2) is 7.91. The van der Waals surface area contributed by atoms with E-state index < -0.39 is 0 Å². The number of hydrogen-bond donors (Lipinski definition) is 2. The predicted octanol–water partition coefficient (Wildman–Crippen LogP) is 2.70. The zero-order valence-corrected chi connectivity index (χ0v) is 15.7. The van der Waals surface area contributed by atoms with Crippen LogP contribution in [0.2, 0.25) is 0 Å². The van der Waals surface area contributed by atoms with E-state index in [0.29, 0.717) is 4.75 Å². The number of nitrogens with one attached hydrogen (secondary N) is 2. The van der Waals surface area contributed by atoms with Crippen molar-refractivity contribution >= 4 is 17.7 Å². The third-order valence-electron chi connectivity index (χ3n) is 5.05. The molecule has 2 rings (SSSR count). The van der Waals surface area contributed by atoms with Crippen molar-refractivity contribution in [1.29, 1.82) is 0 Å². The van der Waals surface area contributed by atoms with Crippen LogP contribution in [0.5, 0.6) is 0 Å². The maximum atomic E-state index is 4.39. The molecule has 0 amide bonds. The monoisotopic (exact) mass is 326 g/mol. The molecule has 22 heavy (non-hydrogen) atoms. The molecule has 1 atom stereocenters. The summed E-state index contributed by atoms with van der Waals surface area (Å²) in [5, 5.41) is 7.06. The van der Waals surface area contributed by atoms with Crippen LogP contribution in [0.4, 0.5) is 0 Å². The Balaban J connectivity index is 1.77. The van der Waals surface area contributed by atoms with Crippen molar-refractivity contribution in [1.82, 2.24) is 15.5 Å². The van der Waals surface area contributed by atoms with Gasteiger partial charge in [0.05, 0.1) is 0 Å². The Kier molecular flexibility index (Phi) is 6.45. The van der Waals surface area contributed by atoms with Crippen LogP contribution in [0.25, 0.3) is 0 Å². The first kappa shape index (κ1) is 17.9. The fourth-order valence-corrected chi connectivity index (χ4v) is 4.62. The highest BCUT2D eigenvalue weighted by Gasteiger charge is 2.30. The molecule has 128 valence electrons. The normalized spacial score (nSPS) is 27.9. The van der Waals surface area contributed by atoms with Gasteiger partial charge < -0.3 is 10.6 Å². The highest BCUT2D eigenvalue weighted by Crippen LogP contribution is 2.36. The molecule has 2 saturated heterocycles. The van der Waals surface area contributed by atoms with Crippen LogP contribution < -0.4 is 10.6 Å². The Morgan fingerprint density at radius 3 is 2.50 bits per heavy atom. The second-order valence-electron chi connectivity index (χ2n) is 7.54. The van der Waals surface area contributed by atoms with Crippen LogP contribution in [0.1, 0.15) is 52.9 Å². The molecular formula is C17H34N4S. The number of aliphatic imine (C=N–C) groups is 1. The summed E-state index contributed by atoms with van der Waals surface area (Å²) in [7, 11) is 1.87. The van der Waals surface area contributed by atoms with Gasteiger partial charge in [0, 0.05) is 30.4 Å². The van der Waals surface area contributed by atoms with Gasteiger partial charge in [0.15, 0.2) is 5.96 Å². The summed E-state index contributed by atoms with van der Waals surface area (Å²) < 4.78 is 0.375. The van der Waals surface area contributed by atoms with E-state index in [4.69, 9.17) is 0 Å². The van der Waals surface area contributed by atoms with Crippen LogP contribution in [-0.4, -0.2) is 60.1 Å². The van der Waals surface area contributed by atoms with Gasteiger partial charge in [-0.2, -0.15) is 11.8 Å². The van der Waals surface area contributed by atoms with Gasteiger partial charge in [0.1, 0.15) is 0 Å². The first-order valence-corrected chi connectivity index (χ1v) is 9.77. The lowest BCUT2D eigenvalue weighted by Gasteiger charge is -2.41. The summed E-state index contributed by atoms with van der Waals surface area (Å²) in [5.41, 5.74) is 0.185. The van der Waals surface area contributed by atoms with Crippen molar-refractivity contribution in [2.24, 2.45) is 4.99 Å². The van der Waals surface area contributed by atoms with Gasteiger partial charge in [-0.15, -0.1) is 0 Å². The van der Waals surface area contributed by atoms with Crippen LogP contribution in [0.15, 0.2) is 4.99 Å². The topological polar surface area (TPSA) is 39.7 Å². The number of rotatable bonds is 5. The molecule has 2 N–H and O–H groups in total. The van der Waals surface area contributed by atoms with Crippen LogP contribution in [-0.2, 0) is 0 Å². The lowest BCUT2D eigenvalue weighted by atomic mass is 9.98. The van der Waals surface area contributed by atoms with Crippen LogP contribution in [0, 0.1) is 0 Å². The van der Waals surface area contributed by atoms with Crippen molar-refractivity contribution in [3.05, 3.63) is 0 Å². The van der Waals surface area contributed by atoms with Gasteiger partial charge in [-0.1, -0.05) is 6.42 Å². The maximum absolute atomic E-state index is 4.39. The van der Waals surface area contributed by atoms with Gasteiger partial charge in [0.2, 0.25) is 0 Å². The second-order valence-corrected chi connectivity index (χ2v) is 9.22. The molecule has 0 aliphatic carbocycles. The Morgan fingerprint density at radius 2 is 1.91 bits per heavy atom. The van der Waals surface area contributed by atoms with Crippen molar-refractivity contribution in [3.63, 3.8) is 0 Å². The Hall–Kier alpha value is -0.420. The molecule has 0 radical (unpaired) electrons. The van der Waals surface area contributed by atoms with Gasteiger partial charge in [-0.25, -0.2) is 0 Å². The van der Waals surface area contributed by atoms with E-state index in [1.807, 2.05) is 7.05 Å². The van der Waals surface area contributed by atoms with Gasteiger partial charge in [-0.3, -0.25) is 9.89 Å². The summed E-state index contributed by atoms with van der Waals surface area (Å²) in [6.07, 6.45) is 6.72. The standard InChI is InChI=1S/C17H34N4S/c1-16(2,21-10-6-5-7-11-21)13-19-15(18-4)20-14-17(3)9-8-12-22-17/h5-14H2,1-4H3,(H2,18,19,20). The summed E-state index contributed by atoms with van der Waals surface area (Å²) in [5.74, 6) is 2.24. The molecule has 2 aliphatic heterocycles. The molecule has 1 unspecified atom stereocenters. The summed E-state index contributed by atoms with van der Waals surface area (Å²) in [6, 6.07) is 0. The molecular weight excluding hydrogens is 292 g/mol. The lowest BCUT2D eigenvalue weighted by molar-refractivity contribution is 0.0982. The molecule has 0 saturated carbocycles. The minimum atomic E-state index is 0.185. The lowest BCUT2D eigenvalue weighted by Crippen LogP contribution is -2.55. The molecule has 2 fully saturated rings. The molecule has 2 aliphatic rings. The smallest absolute Gasteiger partial charge is 0.191 e. The molecule has 5 heteroatoms. The molecule has 4 nitrogen and oxygen atoms in total. The quantitative estimate of drug-likeness (QED) is 0.602. The van der Waals surface area contributed by atoms with Crippen molar-refractivity contribution < 1.29 is 0 Å². The van der Waals surface area contributed by atoms with E-state index in [-0.39, 0.29) is 5.54 Å². The largest absolute Gasteiger partial charge is 0.355 e. The van der Waals surface area contributed by atoms with Gasteiger partial charge in [0.25, 0.3) is 0 Å². The van der Waals surface area contributed by atoms with Crippen molar-refractivity contribution in [2.45, 2.75) is 63.2 Å². The number of piperidine rings is 1. The first-order valence-electron chi connectivity index (χ1n) is 8.79. The molecule has 0 bridgehead atoms. The van der Waals surface area contributed by atoms with E-state index in [9.17, 15) is 0 Å². The fraction of sp³-hybridized carbons (Fsp3) is 0.941. The number of nitrogens with zero attached hydrogens (tertiary/aromatic N) is 2. The first-order chi connectivity index (χ1) is 10.5. The SMILES string of the molecule is CN=C(NCC1(C)CCCS1)NCC(C)(C)N1CCCCC1. The van der Waals surface area contributed by atoms with Crippen LogP contribution in [0.3, 0.4) is 0 Å². The van der Waals surface area contributed by atoms with Crippen LogP contribution >= 0.6 is 11.8 Å². The minimum absolute atomic E-state index is 0.185. The van der Waals surface area contributed by atoms with E-state index in [0.717, 1.165) is 19.0 Å². The van der Waals surface area contributed by atoms with Crippen molar-refractivity contribution in [2.75, 3.05) is 39.0 Å². The Morgan fingerprint density at radius 1 is 1.18 bits per heavy atom. The Bertz CT molecular complexity index is 369. The molecule has 2 heterocycles. The average molecular weight is 327 g/mol. The third kappa shape index (κ3) is 5.05. The number of guanidine groups is 1. The fourth-order valence-electron chi connectivity index (χ4n) is 3.38. The average Bonchev–Trinajstić information content (AvgIpc) is 2.95. The highest BCUT2D eigenvalue weighted by molar-refractivity contribution is 8.00. The molecule has 0 aromatic rings. The maximum Gasteiger partial charge on any atom is 0.191 e. The zero-order chi connectivity index (χ0) is 16.1. The minimum Gasteiger partial charge on any atom is -0.355 e. The number of thioether (sulfide) groups is 1. The Labute approximate surface area is 140 Å². The third-order valence-corrected chi connectivity index (χ3v) is 6.59. The zero-order valence-electron chi connectivity index (χ0n) is 14.9.